The Kier molecular flexibility index (Phi) is 6.44. The zero-order valence-electron chi connectivity index (χ0n) is 18.6. The van der Waals surface area contributed by atoms with Crippen molar-refractivity contribution in [1.82, 2.24) is 24.9 Å². The van der Waals surface area contributed by atoms with E-state index >= 15 is 0 Å². The van der Waals surface area contributed by atoms with Gasteiger partial charge >= 0.3 is 6.03 Å². The number of nitrogens with two attached hydrogens (primary N) is 1. The highest BCUT2D eigenvalue weighted by atomic mass is 19.1. The molecule has 0 saturated carbocycles. The Hall–Kier alpha value is -4.40. The van der Waals surface area contributed by atoms with Gasteiger partial charge in [-0.15, -0.1) is 0 Å². The first-order valence-electron chi connectivity index (χ1n) is 10.5. The van der Waals surface area contributed by atoms with Crippen molar-refractivity contribution in [3.8, 4) is 11.9 Å². The Morgan fingerprint density at radius 2 is 2.18 bits per heavy atom. The number of aromatic nitrogens is 3. The first kappa shape index (κ1) is 22.8. The molecular formula is C22H22FN9O2. The largest absolute Gasteiger partial charge is 0.468 e. The summed E-state index contributed by atoms with van der Waals surface area (Å²) in [7, 11) is 1.56. The van der Waals surface area contributed by atoms with E-state index in [1.165, 1.54) is 17.4 Å². The molecule has 0 radical (unpaired) electrons. The molecule has 11 nitrogen and oxygen atoms in total. The molecule has 12 heteroatoms. The van der Waals surface area contributed by atoms with Crippen LogP contribution in [0.2, 0.25) is 0 Å². The summed E-state index contributed by atoms with van der Waals surface area (Å²) >= 11 is 0. The lowest BCUT2D eigenvalue weighted by atomic mass is 10.1. The van der Waals surface area contributed by atoms with Gasteiger partial charge in [0.25, 0.3) is 5.88 Å². The topological polar surface area (TPSA) is 146 Å². The highest BCUT2D eigenvalue weighted by Crippen LogP contribution is 2.30. The summed E-state index contributed by atoms with van der Waals surface area (Å²) in [6.45, 7) is 2.22. The summed E-state index contributed by atoms with van der Waals surface area (Å²) in [5.74, 6) is -0.746. The molecular weight excluding hydrogens is 441 g/mol. The average molecular weight is 463 g/mol. The lowest BCUT2D eigenvalue weighted by Crippen LogP contribution is -2.59. The molecule has 0 aromatic carbocycles. The van der Waals surface area contributed by atoms with Gasteiger partial charge in [0, 0.05) is 32.1 Å². The summed E-state index contributed by atoms with van der Waals surface area (Å²) in [4.78, 5) is 30.8. The molecule has 0 spiro atoms. The second-order valence-corrected chi connectivity index (χ2v) is 7.71. The number of carbonyl (C=O) groups is 1. The van der Waals surface area contributed by atoms with E-state index < -0.39 is 11.9 Å². The number of aliphatic imine (C=N–C) groups is 1. The predicted octanol–water partition coefficient (Wildman–Crippen LogP) is 1.78. The Bertz CT molecular complexity index is 1230. The molecule has 2 N–H and O–H groups in total. The van der Waals surface area contributed by atoms with Gasteiger partial charge in [-0.25, -0.2) is 14.8 Å². The minimum Gasteiger partial charge on any atom is -0.468 e. The van der Waals surface area contributed by atoms with Crippen molar-refractivity contribution in [2.75, 3.05) is 20.1 Å². The highest BCUT2D eigenvalue weighted by molar-refractivity contribution is 6.09. The quantitative estimate of drug-likeness (QED) is 0.665. The van der Waals surface area contributed by atoms with Crippen LogP contribution >= 0.6 is 0 Å². The van der Waals surface area contributed by atoms with Gasteiger partial charge in [-0.3, -0.25) is 9.98 Å². The first-order valence-corrected chi connectivity index (χ1v) is 10.5. The standard InChI is InChI=1S/C22H22FN9O2/c1-13(6-24)19(26-2)20-28-10-17(23)21(30-20)34-16-11-31(12-16)22(33)32-18(3-4-29-32)15-5-14(7-25)8-27-9-15/h4-6,8-10,16,18H,3,11-12,24H2,1-2H3/t18-/m0/s1. The lowest BCUT2D eigenvalue weighted by molar-refractivity contribution is 0.0229. The predicted molar refractivity (Wildman–Crippen MR) is 120 cm³/mol. The number of amides is 2. The lowest BCUT2D eigenvalue weighted by Gasteiger charge is -2.40. The summed E-state index contributed by atoms with van der Waals surface area (Å²) < 4.78 is 20.0. The van der Waals surface area contributed by atoms with Crippen LogP contribution in [0.3, 0.4) is 0 Å². The van der Waals surface area contributed by atoms with Gasteiger partial charge in [0.15, 0.2) is 5.82 Å². The van der Waals surface area contributed by atoms with Gasteiger partial charge in [-0.1, -0.05) is 0 Å². The molecule has 34 heavy (non-hydrogen) atoms. The second-order valence-electron chi connectivity index (χ2n) is 7.71. The van der Waals surface area contributed by atoms with Crippen LogP contribution in [-0.4, -0.2) is 69.1 Å². The SMILES string of the molecule is CN=C(C(C)=CN)c1ncc(F)c(OC2CN(C(=O)N3N=CC[C@H]3c3cncc(C#N)c3)C2)n1. The van der Waals surface area contributed by atoms with Crippen LogP contribution in [-0.2, 0) is 0 Å². The van der Waals surface area contributed by atoms with Crippen molar-refractivity contribution in [3.63, 3.8) is 0 Å². The number of hydrazone groups is 1. The number of nitriles is 1. The van der Waals surface area contributed by atoms with Gasteiger partial charge in [-0.05, 0) is 30.3 Å². The van der Waals surface area contributed by atoms with Gasteiger partial charge in [0.2, 0.25) is 5.82 Å². The normalized spacial score (nSPS) is 18.6. The molecule has 174 valence electrons. The third kappa shape index (κ3) is 4.40. The van der Waals surface area contributed by atoms with Crippen LogP contribution in [0, 0.1) is 17.1 Å². The number of hydrogen-bond donors (Lipinski definition) is 1. The Morgan fingerprint density at radius 3 is 2.88 bits per heavy atom. The number of hydrogen-bond acceptors (Lipinski definition) is 9. The zero-order chi connectivity index (χ0) is 24.2. The molecule has 0 unspecified atom stereocenters. The monoisotopic (exact) mass is 463 g/mol. The fourth-order valence-electron chi connectivity index (χ4n) is 3.63. The van der Waals surface area contributed by atoms with Crippen LogP contribution in [0.25, 0.3) is 0 Å². The maximum Gasteiger partial charge on any atom is 0.341 e. The van der Waals surface area contributed by atoms with Crippen molar-refractivity contribution < 1.29 is 13.9 Å². The van der Waals surface area contributed by atoms with E-state index in [1.807, 2.05) is 6.07 Å². The van der Waals surface area contributed by atoms with Gasteiger partial charge in [0.1, 0.15) is 17.9 Å². The highest BCUT2D eigenvalue weighted by Gasteiger charge is 2.39. The molecule has 1 atom stereocenters. The van der Waals surface area contributed by atoms with Crippen molar-refractivity contribution in [2.24, 2.45) is 15.8 Å². The van der Waals surface area contributed by atoms with Crippen LogP contribution in [0.1, 0.15) is 36.3 Å². The third-order valence-corrected chi connectivity index (χ3v) is 5.47. The van der Waals surface area contributed by atoms with Gasteiger partial charge in [0.05, 0.1) is 30.9 Å². The van der Waals surface area contributed by atoms with E-state index in [-0.39, 0.29) is 36.9 Å². The Morgan fingerprint density at radius 1 is 1.38 bits per heavy atom. The number of allylic oxidation sites excluding steroid dienone is 1. The molecule has 4 heterocycles. The van der Waals surface area contributed by atoms with E-state index in [1.54, 1.807) is 37.3 Å². The molecule has 0 bridgehead atoms. The molecule has 4 rings (SSSR count). The average Bonchev–Trinajstić information content (AvgIpc) is 3.32. The molecule has 1 saturated heterocycles. The molecule has 2 aliphatic heterocycles. The van der Waals surface area contributed by atoms with E-state index in [2.05, 4.69) is 25.0 Å². The molecule has 2 aromatic rings. The molecule has 0 aliphatic carbocycles. The molecule has 2 aliphatic rings. The Labute approximate surface area is 195 Å². The minimum atomic E-state index is -0.715. The smallest absolute Gasteiger partial charge is 0.341 e. The molecule has 2 amide bonds. The Balaban J connectivity index is 1.41. The number of rotatable bonds is 5. The van der Waals surface area contributed by atoms with E-state index in [9.17, 15) is 9.18 Å². The van der Waals surface area contributed by atoms with E-state index in [0.717, 1.165) is 11.8 Å². The summed E-state index contributed by atoms with van der Waals surface area (Å²) in [5.41, 5.74) is 7.74. The van der Waals surface area contributed by atoms with Crippen molar-refractivity contribution >= 4 is 18.0 Å². The van der Waals surface area contributed by atoms with E-state index in [4.69, 9.17) is 15.7 Å². The second kappa shape index (κ2) is 9.62. The number of carbonyl (C=O) groups excluding carboxylic acids is 1. The number of likely N-dealkylation sites (tertiary alicyclic amines) is 1. The summed E-state index contributed by atoms with van der Waals surface area (Å²) in [6, 6.07) is 3.08. The maximum absolute atomic E-state index is 14.3. The van der Waals surface area contributed by atoms with Crippen molar-refractivity contribution in [1.29, 1.82) is 5.26 Å². The first-order chi connectivity index (χ1) is 16.4. The van der Waals surface area contributed by atoms with Gasteiger partial charge in [-0.2, -0.15) is 19.7 Å². The third-order valence-electron chi connectivity index (χ3n) is 5.47. The fourth-order valence-corrected chi connectivity index (χ4v) is 3.63. The zero-order valence-corrected chi connectivity index (χ0v) is 18.6. The van der Waals surface area contributed by atoms with Crippen molar-refractivity contribution in [2.45, 2.75) is 25.5 Å². The summed E-state index contributed by atoms with van der Waals surface area (Å²) in [5, 5.41) is 14.7. The van der Waals surface area contributed by atoms with Crippen LogP contribution in [0.5, 0.6) is 5.88 Å². The minimum absolute atomic E-state index is 0.188. The fraction of sp³-hybridized carbons (Fsp3) is 0.318. The van der Waals surface area contributed by atoms with Crippen LogP contribution in [0.15, 0.2) is 46.5 Å². The van der Waals surface area contributed by atoms with Crippen molar-refractivity contribution in [3.05, 3.63) is 59.2 Å². The number of pyridine rings is 1. The molecule has 2 aromatic heterocycles. The van der Waals surface area contributed by atoms with Crippen LogP contribution in [0.4, 0.5) is 9.18 Å². The van der Waals surface area contributed by atoms with E-state index in [0.29, 0.717) is 23.3 Å². The molecule has 1 fully saturated rings. The number of ether oxygens (including phenoxy) is 1. The van der Waals surface area contributed by atoms with Crippen LogP contribution < -0.4 is 10.5 Å². The summed E-state index contributed by atoms with van der Waals surface area (Å²) in [6.07, 6.45) is 7.19. The maximum atomic E-state index is 14.3. The number of nitrogens with zero attached hydrogens (tertiary/aromatic N) is 8. The number of halogens is 1. The number of urea groups is 1. The van der Waals surface area contributed by atoms with Gasteiger partial charge < -0.3 is 15.4 Å².